The lowest BCUT2D eigenvalue weighted by atomic mass is 9.88. The number of aromatic nitrogens is 1. The van der Waals surface area contributed by atoms with Gasteiger partial charge in [0.2, 0.25) is 0 Å². The van der Waals surface area contributed by atoms with Crippen LogP contribution in [0.5, 0.6) is 0 Å². The van der Waals surface area contributed by atoms with Gasteiger partial charge in [-0.1, -0.05) is 19.3 Å². The highest BCUT2D eigenvalue weighted by molar-refractivity contribution is 7.98. The van der Waals surface area contributed by atoms with E-state index in [0.717, 1.165) is 24.3 Å². The molecule has 0 aliphatic heterocycles. The van der Waals surface area contributed by atoms with Gasteiger partial charge in [0.05, 0.1) is 6.04 Å². The second-order valence-corrected chi connectivity index (χ2v) is 8.57. The summed E-state index contributed by atoms with van der Waals surface area (Å²) in [6, 6.07) is 1.21. The SMILES string of the molecule is CSC[C@H](N)[C@](O)(Cc1nccc2c1C[C@H](CCC1CC1)C2)C(=O)O. The van der Waals surface area contributed by atoms with E-state index >= 15 is 0 Å². The lowest BCUT2D eigenvalue weighted by molar-refractivity contribution is -0.160. The number of fused-ring (bicyclic) bond motifs is 1. The monoisotopic (exact) mass is 364 g/mol. The minimum Gasteiger partial charge on any atom is -0.479 e. The van der Waals surface area contributed by atoms with Gasteiger partial charge in [-0.25, -0.2) is 4.79 Å². The number of carboxylic acid groups (broad SMARTS) is 1. The Bertz CT molecular complexity index is 635. The van der Waals surface area contributed by atoms with Gasteiger partial charge in [-0.15, -0.1) is 0 Å². The first-order valence-electron chi connectivity index (χ1n) is 9.10. The van der Waals surface area contributed by atoms with Gasteiger partial charge in [0, 0.05) is 24.1 Å². The third-order valence-electron chi connectivity index (χ3n) is 5.69. The maximum atomic E-state index is 11.7. The zero-order chi connectivity index (χ0) is 18.0. The lowest BCUT2D eigenvalue weighted by Crippen LogP contribution is -2.57. The number of pyridine rings is 1. The van der Waals surface area contributed by atoms with Crippen molar-refractivity contribution in [1.29, 1.82) is 0 Å². The summed E-state index contributed by atoms with van der Waals surface area (Å²) in [7, 11) is 0. The molecule has 3 rings (SSSR count). The Hall–Kier alpha value is -1.11. The van der Waals surface area contributed by atoms with E-state index in [1.165, 1.54) is 43.0 Å². The molecule has 138 valence electrons. The average Bonchev–Trinajstić information content (AvgIpc) is 3.31. The number of carboxylic acids is 1. The van der Waals surface area contributed by atoms with E-state index < -0.39 is 17.6 Å². The van der Waals surface area contributed by atoms with Crippen LogP contribution in [0.15, 0.2) is 12.3 Å². The molecule has 1 saturated carbocycles. The van der Waals surface area contributed by atoms with Crippen LogP contribution in [0, 0.1) is 11.8 Å². The number of hydrogen-bond donors (Lipinski definition) is 3. The molecular formula is C19H28N2O3S. The van der Waals surface area contributed by atoms with Crippen LogP contribution < -0.4 is 5.73 Å². The van der Waals surface area contributed by atoms with Crippen molar-refractivity contribution in [3.63, 3.8) is 0 Å². The number of nitrogens with zero attached hydrogens (tertiary/aromatic N) is 1. The summed E-state index contributed by atoms with van der Waals surface area (Å²) in [6.45, 7) is 0. The van der Waals surface area contributed by atoms with Crippen LogP contribution in [-0.2, 0) is 24.1 Å². The zero-order valence-corrected chi connectivity index (χ0v) is 15.6. The molecule has 0 spiro atoms. The molecule has 1 aromatic heterocycles. The Kier molecular flexibility index (Phi) is 5.71. The fourth-order valence-corrected chi connectivity index (χ4v) is 4.50. The predicted octanol–water partition coefficient (Wildman–Crippen LogP) is 2.04. The molecule has 0 radical (unpaired) electrons. The van der Waals surface area contributed by atoms with Gasteiger partial charge in [-0.3, -0.25) is 4.98 Å². The van der Waals surface area contributed by atoms with E-state index in [1.54, 1.807) is 6.20 Å². The molecule has 5 nitrogen and oxygen atoms in total. The van der Waals surface area contributed by atoms with E-state index in [2.05, 4.69) is 4.98 Å². The summed E-state index contributed by atoms with van der Waals surface area (Å²) in [5.74, 6) is 0.679. The van der Waals surface area contributed by atoms with Crippen LogP contribution in [0.3, 0.4) is 0 Å². The smallest absolute Gasteiger partial charge is 0.337 e. The fraction of sp³-hybridized carbons (Fsp3) is 0.684. The normalized spacial score (nSPS) is 23.1. The second kappa shape index (κ2) is 7.64. The molecule has 0 aromatic carbocycles. The van der Waals surface area contributed by atoms with Crippen LogP contribution in [-0.4, -0.2) is 44.8 Å². The van der Waals surface area contributed by atoms with Gasteiger partial charge in [0.15, 0.2) is 5.60 Å². The minimum absolute atomic E-state index is 0.0252. The molecule has 2 aliphatic carbocycles. The van der Waals surface area contributed by atoms with Gasteiger partial charge in [-0.2, -0.15) is 11.8 Å². The average molecular weight is 365 g/mol. The van der Waals surface area contributed by atoms with Crippen LogP contribution in [0.4, 0.5) is 0 Å². The zero-order valence-electron chi connectivity index (χ0n) is 14.8. The summed E-state index contributed by atoms with van der Waals surface area (Å²) < 4.78 is 0. The van der Waals surface area contributed by atoms with E-state index in [9.17, 15) is 15.0 Å². The number of thioether (sulfide) groups is 1. The predicted molar refractivity (Wildman–Crippen MR) is 99.7 cm³/mol. The van der Waals surface area contributed by atoms with E-state index in [1.807, 2.05) is 12.3 Å². The molecule has 0 amide bonds. The highest BCUT2D eigenvalue weighted by Gasteiger charge is 2.43. The van der Waals surface area contributed by atoms with E-state index in [4.69, 9.17) is 5.73 Å². The van der Waals surface area contributed by atoms with Crippen molar-refractivity contribution in [3.05, 3.63) is 29.1 Å². The number of rotatable bonds is 9. The highest BCUT2D eigenvalue weighted by atomic mass is 32.2. The van der Waals surface area contributed by atoms with Crippen molar-refractivity contribution in [2.24, 2.45) is 17.6 Å². The molecule has 1 fully saturated rings. The highest BCUT2D eigenvalue weighted by Crippen LogP contribution is 2.38. The topological polar surface area (TPSA) is 96.4 Å². The maximum Gasteiger partial charge on any atom is 0.337 e. The third-order valence-corrected chi connectivity index (χ3v) is 6.38. The summed E-state index contributed by atoms with van der Waals surface area (Å²) in [4.78, 5) is 16.1. The largest absolute Gasteiger partial charge is 0.479 e. The minimum atomic E-state index is -1.97. The van der Waals surface area contributed by atoms with Gasteiger partial charge in [0.1, 0.15) is 0 Å². The van der Waals surface area contributed by atoms with Crippen molar-refractivity contribution in [3.8, 4) is 0 Å². The summed E-state index contributed by atoms with van der Waals surface area (Å²) in [5, 5.41) is 20.3. The first kappa shape index (κ1) is 18.7. The Morgan fingerprint density at radius 3 is 2.76 bits per heavy atom. The van der Waals surface area contributed by atoms with Crippen molar-refractivity contribution in [2.75, 3.05) is 12.0 Å². The number of nitrogens with two attached hydrogens (primary N) is 1. The van der Waals surface area contributed by atoms with Crippen molar-refractivity contribution in [2.45, 2.75) is 56.6 Å². The Labute approximate surface area is 153 Å². The Morgan fingerprint density at radius 1 is 1.40 bits per heavy atom. The van der Waals surface area contributed by atoms with Crippen LogP contribution in [0.2, 0.25) is 0 Å². The van der Waals surface area contributed by atoms with Crippen LogP contribution in [0.1, 0.15) is 42.5 Å². The van der Waals surface area contributed by atoms with Crippen molar-refractivity contribution >= 4 is 17.7 Å². The summed E-state index contributed by atoms with van der Waals surface area (Å²) >= 11 is 1.44. The Balaban J connectivity index is 1.75. The summed E-state index contributed by atoms with van der Waals surface area (Å²) in [5.41, 5.74) is 7.12. The van der Waals surface area contributed by atoms with Gasteiger partial charge >= 0.3 is 5.97 Å². The number of aliphatic hydroxyl groups is 1. The van der Waals surface area contributed by atoms with Gasteiger partial charge < -0.3 is 15.9 Å². The van der Waals surface area contributed by atoms with Crippen LogP contribution >= 0.6 is 11.8 Å². The first-order valence-corrected chi connectivity index (χ1v) is 10.5. The molecule has 3 atom stereocenters. The molecule has 4 N–H and O–H groups in total. The second-order valence-electron chi connectivity index (χ2n) is 7.66. The fourth-order valence-electron chi connectivity index (χ4n) is 3.87. The quantitative estimate of drug-likeness (QED) is 0.620. The number of aliphatic carboxylic acids is 1. The van der Waals surface area contributed by atoms with E-state index in [-0.39, 0.29) is 6.42 Å². The lowest BCUT2D eigenvalue weighted by Gasteiger charge is -2.29. The van der Waals surface area contributed by atoms with Gasteiger partial charge in [0.25, 0.3) is 0 Å². The molecule has 1 aromatic rings. The molecule has 0 saturated heterocycles. The van der Waals surface area contributed by atoms with Gasteiger partial charge in [-0.05, 0) is 54.5 Å². The van der Waals surface area contributed by atoms with E-state index in [0.29, 0.717) is 17.4 Å². The standard InChI is InChI=1S/C19H28N2O3S/c1-25-11-17(20)19(24,18(22)23)10-16-15-9-13(5-4-12-2-3-12)8-14(15)6-7-21-16/h6-7,12-13,17,24H,2-5,8-11,20H2,1H3,(H,22,23)/t13-,17+,19-/m1/s1. The Morgan fingerprint density at radius 2 is 2.12 bits per heavy atom. The molecular weight excluding hydrogens is 336 g/mol. The number of carbonyl (C=O) groups is 1. The first-order chi connectivity index (χ1) is 11.9. The third kappa shape index (κ3) is 4.18. The number of hydrogen-bond acceptors (Lipinski definition) is 5. The molecule has 0 bridgehead atoms. The van der Waals surface area contributed by atoms with Crippen LogP contribution in [0.25, 0.3) is 0 Å². The van der Waals surface area contributed by atoms with Crippen molar-refractivity contribution < 1.29 is 15.0 Å². The molecule has 1 heterocycles. The molecule has 6 heteroatoms. The summed E-state index contributed by atoms with van der Waals surface area (Å²) in [6.07, 6.45) is 10.8. The molecule has 25 heavy (non-hydrogen) atoms. The molecule has 2 aliphatic rings. The maximum absolute atomic E-state index is 11.7. The van der Waals surface area contributed by atoms with Crippen molar-refractivity contribution in [1.82, 2.24) is 4.98 Å². The molecule has 0 unspecified atom stereocenters.